The number of amides is 3. The highest BCUT2D eigenvalue weighted by Gasteiger charge is 2.34. The molecule has 3 amide bonds. The first-order chi connectivity index (χ1) is 15.4. The molecule has 9 heteroatoms. The second-order valence-electron chi connectivity index (χ2n) is 9.47. The highest BCUT2D eigenvalue weighted by atomic mass is 35.5. The van der Waals surface area contributed by atoms with Crippen LogP contribution in [0.2, 0.25) is 5.02 Å². The third-order valence-electron chi connectivity index (χ3n) is 4.60. The average Bonchev–Trinajstić information content (AvgIpc) is 3.09. The predicted octanol–water partition coefficient (Wildman–Crippen LogP) is 4.50. The minimum absolute atomic E-state index is 0.0601. The van der Waals surface area contributed by atoms with Gasteiger partial charge in [-0.15, -0.1) is 0 Å². The summed E-state index contributed by atoms with van der Waals surface area (Å²) in [6.45, 7) is 11.6. The van der Waals surface area contributed by atoms with Gasteiger partial charge in [0.2, 0.25) is 17.7 Å². The Balaban J connectivity index is 2.27. The van der Waals surface area contributed by atoms with E-state index in [0.29, 0.717) is 28.7 Å². The van der Waals surface area contributed by atoms with Crippen LogP contribution in [0.3, 0.4) is 0 Å². The second kappa shape index (κ2) is 11.3. The molecule has 0 spiro atoms. The monoisotopic (exact) mass is 476 g/mol. The van der Waals surface area contributed by atoms with Crippen molar-refractivity contribution in [2.45, 2.75) is 66.0 Å². The van der Waals surface area contributed by atoms with E-state index in [0.717, 1.165) is 0 Å². The first kappa shape index (κ1) is 26.4. The van der Waals surface area contributed by atoms with Crippen LogP contribution in [0.1, 0.15) is 64.8 Å². The number of anilines is 1. The van der Waals surface area contributed by atoms with Gasteiger partial charge in [-0.3, -0.25) is 14.4 Å². The highest BCUT2D eigenvalue weighted by molar-refractivity contribution is 6.31. The van der Waals surface area contributed by atoms with Gasteiger partial charge in [-0.2, -0.15) is 0 Å². The number of hydrogen-bond acceptors (Lipinski definition) is 5. The van der Waals surface area contributed by atoms with Gasteiger partial charge in [0.05, 0.1) is 0 Å². The van der Waals surface area contributed by atoms with Crippen LogP contribution in [0, 0.1) is 12.8 Å². The molecule has 180 valence electrons. The predicted molar refractivity (Wildman–Crippen MR) is 128 cm³/mol. The van der Waals surface area contributed by atoms with Gasteiger partial charge in [-0.1, -0.05) is 48.8 Å². The maximum Gasteiger partial charge on any atom is 0.247 e. The minimum Gasteiger partial charge on any atom is -0.360 e. The number of carbonyl (C=O) groups excluding carboxylic acids is 3. The summed E-state index contributed by atoms with van der Waals surface area (Å²) in [5, 5.41) is 9.69. The van der Waals surface area contributed by atoms with Gasteiger partial charge in [0.1, 0.15) is 11.8 Å². The summed E-state index contributed by atoms with van der Waals surface area (Å²) in [6.07, 6.45) is -0.130. The number of rotatable bonds is 9. The zero-order valence-electron chi connectivity index (χ0n) is 20.1. The lowest BCUT2D eigenvalue weighted by Crippen LogP contribution is -2.50. The number of nitrogens with one attached hydrogen (secondary N) is 2. The number of halogens is 1. The Morgan fingerprint density at radius 3 is 2.36 bits per heavy atom. The first-order valence-electron chi connectivity index (χ1n) is 11.0. The van der Waals surface area contributed by atoms with Gasteiger partial charge in [0.15, 0.2) is 5.82 Å². The van der Waals surface area contributed by atoms with E-state index in [-0.39, 0.29) is 36.5 Å². The Kier molecular flexibility index (Phi) is 9.05. The van der Waals surface area contributed by atoms with E-state index in [1.807, 2.05) is 34.6 Å². The molecule has 1 aromatic carbocycles. The molecule has 0 saturated carbocycles. The Labute approximate surface area is 200 Å². The topological polar surface area (TPSA) is 105 Å². The summed E-state index contributed by atoms with van der Waals surface area (Å²) in [7, 11) is 0. The number of carbonyl (C=O) groups is 3. The van der Waals surface area contributed by atoms with Gasteiger partial charge >= 0.3 is 0 Å². The Morgan fingerprint density at radius 1 is 1.15 bits per heavy atom. The van der Waals surface area contributed by atoms with Crippen LogP contribution in [0.4, 0.5) is 5.82 Å². The maximum atomic E-state index is 13.4. The molecular weight excluding hydrogens is 444 g/mol. The van der Waals surface area contributed by atoms with Gasteiger partial charge in [0, 0.05) is 41.6 Å². The Bertz CT molecular complexity index is 981. The SMILES string of the molecule is Cc1cc(NC(=O)CCC(=O)N(CC(C)C)[C@@H](C(=O)NC(C)(C)C)c2ccccc2Cl)no1. The van der Waals surface area contributed by atoms with Crippen LogP contribution < -0.4 is 10.6 Å². The normalized spacial score (nSPS) is 12.4. The molecule has 33 heavy (non-hydrogen) atoms. The molecule has 2 rings (SSSR count). The molecule has 0 fully saturated rings. The molecule has 0 aliphatic heterocycles. The zero-order valence-corrected chi connectivity index (χ0v) is 20.8. The van der Waals surface area contributed by atoms with Gasteiger partial charge in [0.25, 0.3) is 0 Å². The van der Waals surface area contributed by atoms with Crippen LogP contribution in [0.25, 0.3) is 0 Å². The van der Waals surface area contributed by atoms with Crippen molar-refractivity contribution in [3.05, 3.63) is 46.7 Å². The summed E-state index contributed by atoms with van der Waals surface area (Å²) in [5.41, 5.74) is 0.0381. The summed E-state index contributed by atoms with van der Waals surface area (Å²) < 4.78 is 4.93. The van der Waals surface area contributed by atoms with E-state index in [9.17, 15) is 14.4 Å². The van der Waals surface area contributed by atoms with Gasteiger partial charge < -0.3 is 20.1 Å². The molecule has 0 aliphatic rings. The first-order valence-corrected chi connectivity index (χ1v) is 11.3. The number of hydrogen-bond donors (Lipinski definition) is 2. The van der Waals surface area contributed by atoms with E-state index in [1.54, 1.807) is 37.3 Å². The Hall–Kier alpha value is -2.87. The molecule has 0 aliphatic carbocycles. The summed E-state index contributed by atoms with van der Waals surface area (Å²) in [5.74, 6) is -0.0569. The van der Waals surface area contributed by atoms with Crippen molar-refractivity contribution in [2.75, 3.05) is 11.9 Å². The van der Waals surface area contributed by atoms with Crippen LogP contribution in [-0.2, 0) is 14.4 Å². The van der Waals surface area contributed by atoms with E-state index in [1.165, 1.54) is 4.90 Å². The van der Waals surface area contributed by atoms with Crippen molar-refractivity contribution >= 4 is 35.1 Å². The molecule has 1 atom stereocenters. The number of aromatic nitrogens is 1. The lowest BCUT2D eigenvalue weighted by atomic mass is 9.99. The van der Waals surface area contributed by atoms with Crippen LogP contribution in [0.15, 0.2) is 34.9 Å². The minimum atomic E-state index is -0.922. The molecule has 0 unspecified atom stereocenters. The largest absolute Gasteiger partial charge is 0.360 e. The van der Waals surface area contributed by atoms with Crippen molar-refractivity contribution in [3.63, 3.8) is 0 Å². The zero-order chi connectivity index (χ0) is 24.8. The maximum absolute atomic E-state index is 13.4. The third-order valence-corrected chi connectivity index (χ3v) is 4.95. The Morgan fingerprint density at radius 2 is 1.82 bits per heavy atom. The third kappa shape index (κ3) is 8.20. The molecule has 2 aromatic rings. The highest BCUT2D eigenvalue weighted by Crippen LogP contribution is 2.30. The van der Waals surface area contributed by atoms with E-state index >= 15 is 0 Å². The van der Waals surface area contributed by atoms with Gasteiger partial charge in [-0.05, 0) is 39.7 Å². The van der Waals surface area contributed by atoms with E-state index in [2.05, 4.69) is 15.8 Å². The van der Waals surface area contributed by atoms with Crippen LogP contribution >= 0.6 is 11.6 Å². The van der Waals surface area contributed by atoms with Crippen molar-refractivity contribution in [1.82, 2.24) is 15.4 Å². The van der Waals surface area contributed by atoms with E-state index in [4.69, 9.17) is 16.1 Å². The average molecular weight is 477 g/mol. The molecular formula is C24H33ClN4O4. The molecule has 8 nitrogen and oxygen atoms in total. The second-order valence-corrected chi connectivity index (χ2v) is 9.88. The quantitative estimate of drug-likeness (QED) is 0.554. The van der Waals surface area contributed by atoms with Crippen LogP contribution in [-0.4, -0.2) is 39.9 Å². The van der Waals surface area contributed by atoms with Gasteiger partial charge in [-0.25, -0.2) is 0 Å². The standard InChI is InChI=1S/C24H33ClN4O4/c1-15(2)14-29(21(31)12-11-20(30)26-19-13-16(3)33-28-19)22(23(32)27-24(4,5)6)17-9-7-8-10-18(17)25/h7-10,13,15,22H,11-12,14H2,1-6H3,(H,27,32)(H,26,28,30)/t22-/m1/s1. The van der Waals surface area contributed by atoms with E-state index < -0.39 is 11.6 Å². The number of nitrogens with zero attached hydrogens (tertiary/aromatic N) is 2. The fourth-order valence-electron chi connectivity index (χ4n) is 3.32. The lowest BCUT2D eigenvalue weighted by Gasteiger charge is -2.35. The van der Waals surface area contributed by atoms with Crippen molar-refractivity contribution < 1.29 is 18.9 Å². The molecule has 1 heterocycles. The molecule has 2 N–H and O–H groups in total. The molecule has 0 radical (unpaired) electrons. The van der Waals surface area contributed by atoms with Crippen LogP contribution in [0.5, 0.6) is 0 Å². The van der Waals surface area contributed by atoms with Crippen molar-refractivity contribution in [1.29, 1.82) is 0 Å². The van der Waals surface area contributed by atoms with Crippen molar-refractivity contribution in [2.24, 2.45) is 5.92 Å². The fraction of sp³-hybridized carbons (Fsp3) is 0.500. The van der Waals surface area contributed by atoms with Crippen molar-refractivity contribution in [3.8, 4) is 0 Å². The number of benzene rings is 1. The lowest BCUT2D eigenvalue weighted by molar-refractivity contribution is -0.142. The molecule has 1 aromatic heterocycles. The molecule has 0 bridgehead atoms. The summed E-state index contributed by atoms with van der Waals surface area (Å²) in [4.78, 5) is 40.5. The smallest absolute Gasteiger partial charge is 0.247 e. The number of aryl methyl sites for hydroxylation is 1. The molecule has 0 saturated heterocycles. The summed E-state index contributed by atoms with van der Waals surface area (Å²) in [6, 6.07) is 7.66. The fourth-order valence-corrected chi connectivity index (χ4v) is 3.56. The summed E-state index contributed by atoms with van der Waals surface area (Å²) >= 11 is 6.44.